The van der Waals surface area contributed by atoms with Crippen LogP contribution in [0.25, 0.3) is 0 Å². The van der Waals surface area contributed by atoms with Crippen LogP contribution in [0.5, 0.6) is 11.8 Å². The van der Waals surface area contributed by atoms with Gasteiger partial charge in [0.25, 0.3) is 0 Å². The molecule has 1 unspecified atom stereocenters. The van der Waals surface area contributed by atoms with Crippen molar-refractivity contribution >= 4 is 11.3 Å². The minimum atomic E-state index is -0.941. The first kappa shape index (κ1) is 11.7. The van der Waals surface area contributed by atoms with Crippen molar-refractivity contribution in [3.8, 4) is 11.8 Å². The molecule has 0 spiro atoms. The number of aliphatic hydroxyl groups is 1. The van der Waals surface area contributed by atoms with Gasteiger partial charge in [-0.15, -0.1) is 11.3 Å². The van der Waals surface area contributed by atoms with Gasteiger partial charge in [0.05, 0.1) is 20.4 Å². The fourth-order valence-electron chi connectivity index (χ4n) is 1.29. The minimum absolute atomic E-state index is 0.229. The van der Waals surface area contributed by atoms with Crippen molar-refractivity contribution in [2.75, 3.05) is 14.2 Å². The van der Waals surface area contributed by atoms with E-state index in [9.17, 15) is 5.11 Å². The topological polar surface area (TPSA) is 77.4 Å². The van der Waals surface area contributed by atoms with E-state index in [2.05, 4.69) is 15.0 Å². The maximum atomic E-state index is 10.1. The summed E-state index contributed by atoms with van der Waals surface area (Å²) in [6.07, 6.45) is 2.10. The SMILES string of the molecule is COc1cnc(C(O)c2nccs2)c(OC)n1. The molecule has 90 valence electrons. The predicted molar refractivity (Wildman–Crippen MR) is 61.3 cm³/mol. The van der Waals surface area contributed by atoms with Gasteiger partial charge in [-0.05, 0) is 0 Å². The van der Waals surface area contributed by atoms with Crippen LogP contribution in [0, 0.1) is 0 Å². The van der Waals surface area contributed by atoms with Crippen molar-refractivity contribution in [3.05, 3.63) is 28.5 Å². The van der Waals surface area contributed by atoms with E-state index in [0.29, 0.717) is 16.6 Å². The Morgan fingerprint density at radius 1 is 1.29 bits per heavy atom. The molecule has 0 aliphatic carbocycles. The second kappa shape index (κ2) is 5.07. The van der Waals surface area contributed by atoms with E-state index < -0.39 is 6.10 Å². The molecule has 0 radical (unpaired) electrons. The highest BCUT2D eigenvalue weighted by Gasteiger charge is 2.21. The fraction of sp³-hybridized carbons (Fsp3) is 0.300. The average molecular weight is 253 g/mol. The molecule has 1 atom stereocenters. The number of hydrogen-bond acceptors (Lipinski definition) is 7. The highest BCUT2D eigenvalue weighted by Crippen LogP contribution is 2.28. The van der Waals surface area contributed by atoms with E-state index in [1.54, 1.807) is 11.6 Å². The number of nitrogens with zero attached hydrogens (tertiary/aromatic N) is 3. The summed E-state index contributed by atoms with van der Waals surface area (Å²) in [5.74, 6) is 0.559. The fourth-order valence-corrected chi connectivity index (χ4v) is 1.91. The highest BCUT2D eigenvalue weighted by molar-refractivity contribution is 7.09. The lowest BCUT2D eigenvalue weighted by atomic mass is 10.2. The summed E-state index contributed by atoms with van der Waals surface area (Å²) in [6.45, 7) is 0. The number of rotatable bonds is 4. The molecule has 0 aliphatic rings. The summed E-state index contributed by atoms with van der Waals surface area (Å²) < 4.78 is 10.0. The van der Waals surface area contributed by atoms with Gasteiger partial charge in [-0.1, -0.05) is 0 Å². The summed E-state index contributed by atoms with van der Waals surface area (Å²) in [7, 11) is 2.95. The lowest BCUT2D eigenvalue weighted by Crippen LogP contribution is -2.07. The van der Waals surface area contributed by atoms with Crippen LogP contribution >= 0.6 is 11.3 Å². The Balaban J connectivity index is 2.38. The van der Waals surface area contributed by atoms with Gasteiger partial charge >= 0.3 is 0 Å². The Morgan fingerprint density at radius 2 is 2.12 bits per heavy atom. The zero-order chi connectivity index (χ0) is 12.3. The smallest absolute Gasteiger partial charge is 0.241 e. The quantitative estimate of drug-likeness (QED) is 0.877. The third-order valence-corrected chi connectivity index (χ3v) is 2.92. The molecule has 0 aromatic carbocycles. The Bertz CT molecular complexity index is 490. The zero-order valence-corrected chi connectivity index (χ0v) is 10.1. The third kappa shape index (κ3) is 2.34. The van der Waals surface area contributed by atoms with E-state index in [-0.39, 0.29) is 5.88 Å². The van der Waals surface area contributed by atoms with Crippen LogP contribution in [0.15, 0.2) is 17.8 Å². The van der Waals surface area contributed by atoms with Crippen LogP contribution in [0.3, 0.4) is 0 Å². The second-order valence-corrected chi connectivity index (χ2v) is 4.01. The van der Waals surface area contributed by atoms with Crippen LogP contribution in [0.4, 0.5) is 0 Å². The maximum Gasteiger partial charge on any atom is 0.241 e. The van der Waals surface area contributed by atoms with E-state index in [0.717, 1.165) is 0 Å². The molecule has 2 aromatic rings. The second-order valence-electron chi connectivity index (χ2n) is 3.08. The monoisotopic (exact) mass is 253 g/mol. The number of hydrogen-bond donors (Lipinski definition) is 1. The molecule has 0 saturated carbocycles. The number of aromatic nitrogens is 3. The molecule has 7 heteroatoms. The Hall–Kier alpha value is -1.73. The molecular formula is C10H11N3O3S. The molecule has 2 aromatic heterocycles. The van der Waals surface area contributed by atoms with Crippen molar-refractivity contribution in [1.82, 2.24) is 15.0 Å². The lowest BCUT2D eigenvalue weighted by Gasteiger charge is -2.11. The van der Waals surface area contributed by atoms with Crippen LogP contribution in [-0.4, -0.2) is 34.3 Å². The standard InChI is InChI=1S/C10H11N3O3S/c1-15-6-5-12-7(9(13-6)16-2)8(14)10-11-3-4-17-10/h3-5,8,14H,1-2H3. The molecule has 0 saturated heterocycles. The summed E-state index contributed by atoms with van der Waals surface area (Å²) in [5.41, 5.74) is 0.322. The van der Waals surface area contributed by atoms with Crippen molar-refractivity contribution < 1.29 is 14.6 Å². The molecule has 6 nitrogen and oxygen atoms in total. The molecule has 0 amide bonds. The van der Waals surface area contributed by atoms with Crippen molar-refractivity contribution in [3.63, 3.8) is 0 Å². The molecule has 2 heterocycles. The van der Waals surface area contributed by atoms with Gasteiger partial charge in [0.1, 0.15) is 10.7 Å². The average Bonchev–Trinajstić information content (AvgIpc) is 2.91. The Morgan fingerprint density at radius 3 is 2.71 bits per heavy atom. The van der Waals surface area contributed by atoms with Crippen LogP contribution in [0.2, 0.25) is 0 Å². The number of methoxy groups -OCH3 is 2. The summed E-state index contributed by atoms with van der Waals surface area (Å²) in [6, 6.07) is 0. The lowest BCUT2D eigenvalue weighted by molar-refractivity contribution is 0.206. The summed E-state index contributed by atoms with van der Waals surface area (Å²) in [5, 5.41) is 12.4. The van der Waals surface area contributed by atoms with Gasteiger partial charge in [-0.2, -0.15) is 4.98 Å². The number of aliphatic hydroxyl groups excluding tert-OH is 1. The molecule has 0 fully saturated rings. The highest BCUT2D eigenvalue weighted by atomic mass is 32.1. The van der Waals surface area contributed by atoms with Gasteiger partial charge in [0.15, 0.2) is 6.10 Å². The van der Waals surface area contributed by atoms with E-state index in [1.807, 2.05) is 0 Å². The minimum Gasteiger partial charge on any atom is -0.480 e. The molecular weight excluding hydrogens is 242 g/mol. The normalized spacial score (nSPS) is 12.2. The first-order valence-electron chi connectivity index (χ1n) is 4.78. The molecule has 1 N–H and O–H groups in total. The van der Waals surface area contributed by atoms with E-state index >= 15 is 0 Å². The first-order chi connectivity index (χ1) is 8.26. The maximum absolute atomic E-state index is 10.1. The number of thiazole rings is 1. The van der Waals surface area contributed by atoms with Crippen LogP contribution < -0.4 is 9.47 Å². The van der Waals surface area contributed by atoms with Gasteiger partial charge in [-0.3, -0.25) is 0 Å². The van der Waals surface area contributed by atoms with E-state index in [1.165, 1.54) is 31.8 Å². The molecule has 17 heavy (non-hydrogen) atoms. The Labute approximate surface area is 102 Å². The van der Waals surface area contributed by atoms with Gasteiger partial charge < -0.3 is 14.6 Å². The van der Waals surface area contributed by atoms with Crippen molar-refractivity contribution in [1.29, 1.82) is 0 Å². The first-order valence-corrected chi connectivity index (χ1v) is 5.66. The number of ether oxygens (including phenoxy) is 2. The predicted octanol–water partition coefficient (Wildman–Crippen LogP) is 1.03. The van der Waals surface area contributed by atoms with Gasteiger partial charge in [-0.25, -0.2) is 9.97 Å². The zero-order valence-electron chi connectivity index (χ0n) is 9.32. The van der Waals surface area contributed by atoms with Crippen LogP contribution in [-0.2, 0) is 0 Å². The molecule has 2 rings (SSSR count). The summed E-state index contributed by atoms with van der Waals surface area (Å²) in [4.78, 5) is 12.2. The molecule has 0 bridgehead atoms. The van der Waals surface area contributed by atoms with Crippen molar-refractivity contribution in [2.45, 2.75) is 6.10 Å². The van der Waals surface area contributed by atoms with Crippen molar-refractivity contribution in [2.24, 2.45) is 0 Å². The summed E-state index contributed by atoms with van der Waals surface area (Å²) >= 11 is 1.34. The van der Waals surface area contributed by atoms with E-state index in [4.69, 9.17) is 9.47 Å². The van der Waals surface area contributed by atoms with Gasteiger partial charge in [0.2, 0.25) is 11.8 Å². The Kier molecular flexibility index (Phi) is 3.50. The van der Waals surface area contributed by atoms with Gasteiger partial charge in [0, 0.05) is 11.6 Å². The third-order valence-electron chi connectivity index (χ3n) is 2.09. The largest absolute Gasteiger partial charge is 0.480 e. The van der Waals surface area contributed by atoms with Crippen LogP contribution in [0.1, 0.15) is 16.8 Å². The molecule has 0 aliphatic heterocycles.